The summed E-state index contributed by atoms with van der Waals surface area (Å²) in [7, 11) is 0. The minimum Gasteiger partial charge on any atom is -0.289 e. The highest BCUT2D eigenvalue weighted by molar-refractivity contribution is 5.92. The molecule has 0 fully saturated rings. The number of hydrogen-bond acceptors (Lipinski definition) is 3. The van der Waals surface area contributed by atoms with Crippen molar-refractivity contribution < 1.29 is 18.0 Å². The van der Waals surface area contributed by atoms with Crippen molar-refractivity contribution in [2.45, 2.75) is 0 Å². The molecule has 0 aliphatic heterocycles. The lowest BCUT2D eigenvalue weighted by atomic mass is 10.1. The smallest absolute Gasteiger partial charge is 0.283 e. The molecule has 0 saturated heterocycles. The Hall–Kier alpha value is -2.35. The third-order valence-corrected chi connectivity index (χ3v) is 2.24. The van der Waals surface area contributed by atoms with Gasteiger partial charge in [0.2, 0.25) is 0 Å². The maximum Gasteiger partial charge on any atom is 0.283 e. The number of hydrogen-bond donors (Lipinski definition) is 3. The Bertz CT molecular complexity index is 611. The van der Waals surface area contributed by atoms with E-state index in [1.54, 1.807) is 0 Å². The Morgan fingerprint density at radius 3 is 2.50 bits per heavy atom. The van der Waals surface area contributed by atoms with Crippen LogP contribution in [0.15, 0.2) is 18.2 Å². The fraction of sp³-hybridized carbons (Fsp3) is 0. The van der Waals surface area contributed by atoms with Crippen LogP contribution in [0.4, 0.5) is 13.2 Å². The highest BCUT2D eigenvalue weighted by Gasteiger charge is 2.15. The first-order chi connectivity index (χ1) is 8.52. The molecule has 0 aliphatic carbocycles. The van der Waals surface area contributed by atoms with Crippen LogP contribution < -0.4 is 11.3 Å². The quantitative estimate of drug-likeness (QED) is 0.325. The predicted molar refractivity (Wildman–Crippen MR) is 55.6 cm³/mol. The van der Waals surface area contributed by atoms with Crippen molar-refractivity contribution in [1.82, 2.24) is 15.6 Å². The topological polar surface area (TPSA) is 83.8 Å². The average Bonchev–Trinajstić information content (AvgIpc) is 2.82. The SMILES string of the molecule is NNC(=O)c1cc(-c2cc(F)c(F)cc2F)n[nH]1. The van der Waals surface area contributed by atoms with Crippen LogP contribution in [0.25, 0.3) is 11.3 Å². The number of nitrogens with one attached hydrogen (secondary N) is 2. The van der Waals surface area contributed by atoms with E-state index in [0.717, 1.165) is 6.07 Å². The Labute approximate surface area is 98.8 Å². The number of rotatable bonds is 2. The second-order valence-electron chi connectivity index (χ2n) is 3.39. The summed E-state index contributed by atoms with van der Waals surface area (Å²) < 4.78 is 39.2. The molecule has 5 nitrogen and oxygen atoms in total. The molecular weight excluding hydrogens is 249 g/mol. The molecule has 1 heterocycles. The van der Waals surface area contributed by atoms with E-state index < -0.39 is 23.4 Å². The second kappa shape index (κ2) is 4.49. The van der Waals surface area contributed by atoms with Crippen LogP contribution in [0.3, 0.4) is 0 Å². The molecule has 2 rings (SSSR count). The monoisotopic (exact) mass is 256 g/mol. The number of carbonyl (C=O) groups is 1. The fourth-order valence-corrected chi connectivity index (χ4v) is 1.37. The van der Waals surface area contributed by atoms with Crippen molar-refractivity contribution in [3.63, 3.8) is 0 Å². The Morgan fingerprint density at radius 1 is 1.17 bits per heavy atom. The molecule has 1 aromatic carbocycles. The van der Waals surface area contributed by atoms with E-state index >= 15 is 0 Å². The van der Waals surface area contributed by atoms with Gasteiger partial charge in [0.1, 0.15) is 11.5 Å². The van der Waals surface area contributed by atoms with E-state index in [0.29, 0.717) is 12.1 Å². The average molecular weight is 256 g/mol. The zero-order valence-electron chi connectivity index (χ0n) is 8.80. The maximum atomic E-state index is 13.4. The van der Waals surface area contributed by atoms with Crippen LogP contribution in [0.2, 0.25) is 0 Å². The van der Waals surface area contributed by atoms with Gasteiger partial charge in [-0.2, -0.15) is 5.10 Å². The lowest BCUT2D eigenvalue weighted by molar-refractivity contribution is 0.0948. The predicted octanol–water partition coefficient (Wildman–Crippen LogP) is 1.10. The normalized spacial score (nSPS) is 10.4. The van der Waals surface area contributed by atoms with Gasteiger partial charge in [-0.15, -0.1) is 0 Å². The molecule has 2 aromatic rings. The van der Waals surface area contributed by atoms with E-state index in [1.165, 1.54) is 0 Å². The molecule has 8 heteroatoms. The molecule has 0 unspecified atom stereocenters. The molecule has 0 saturated carbocycles. The summed E-state index contributed by atoms with van der Waals surface area (Å²) in [6.07, 6.45) is 0. The first kappa shape index (κ1) is 12.1. The molecule has 0 bridgehead atoms. The van der Waals surface area contributed by atoms with Crippen molar-refractivity contribution in [2.24, 2.45) is 5.84 Å². The summed E-state index contributed by atoms with van der Waals surface area (Å²) in [6, 6.07) is 2.23. The van der Waals surface area contributed by atoms with Gasteiger partial charge in [0.25, 0.3) is 5.91 Å². The van der Waals surface area contributed by atoms with Crippen LogP contribution >= 0.6 is 0 Å². The molecule has 94 valence electrons. The van der Waals surface area contributed by atoms with E-state index in [4.69, 9.17) is 5.84 Å². The minimum atomic E-state index is -1.30. The van der Waals surface area contributed by atoms with Crippen molar-refractivity contribution in [3.05, 3.63) is 41.3 Å². The molecule has 4 N–H and O–H groups in total. The number of nitrogen functional groups attached to an aromatic ring is 1. The first-order valence-corrected chi connectivity index (χ1v) is 4.74. The number of nitrogens with zero attached hydrogens (tertiary/aromatic N) is 1. The molecular formula is C10H7F3N4O. The molecule has 0 radical (unpaired) electrons. The highest BCUT2D eigenvalue weighted by atomic mass is 19.2. The number of aromatic amines is 1. The summed E-state index contributed by atoms with van der Waals surface area (Å²) in [5.74, 6) is 0.731. The molecule has 0 aliphatic rings. The van der Waals surface area contributed by atoms with E-state index in [2.05, 4.69) is 10.2 Å². The summed E-state index contributed by atoms with van der Waals surface area (Å²) in [4.78, 5) is 11.1. The van der Waals surface area contributed by atoms with Crippen LogP contribution in [-0.4, -0.2) is 16.1 Å². The lowest BCUT2D eigenvalue weighted by Crippen LogP contribution is -2.30. The van der Waals surface area contributed by atoms with E-state index in [1.807, 2.05) is 5.43 Å². The number of amides is 1. The molecule has 1 amide bonds. The Kier molecular flexibility index (Phi) is 3.02. The summed E-state index contributed by atoms with van der Waals surface area (Å²) in [5.41, 5.74) is 1.51. The van der Waals surface area contributed by atoms with Crippen molar-refractivity contribution in [1.29, 1.82) is 0 Å². The summed E-state index contributed by atoms with van der Waals surface area (Å²) in [5, 5.41) is 5.91. The maximum absolute atomic E-state index is 13.4. The molecule has 0 atom stereocenters. The molecule has 1 aromatic heterocycles. The lowest BCUT2D eigenvalue weighted by Gasteiger charge is -2.00. The van der Waals surface area contributed by atoms with Gasteiger partial charge in [-0.05, 0) is 12.1 Å². The minimum absolute atomic E-state index is 0.0309. The van der Waals surface area contributed by atoms with Crippen molar-refractivity contribution in [2.75, 3.05) is 0 Å². The summed E-state index contributed by atoms with van der Waals surface area (Å²) >= 11 is 0. The molecule has 18 heavy (non-hydrogen) atoms. The Morgan fingerprint density at radius 2 is 1.83 bits per heavy atom. The van der Waals surface area contributed by atoms with Gasteiger partial charge in [0.15, 0.2) is 11.6 Å². The fourth-order valence-electron chi connectivity index (χ4n) is 1.37. The zero-order chi connectivity index (χ0) is 13.3. The molecule has 0 spiro atoms. The van der Waals surface area contributed by atoms with Crippen LogP contribution in [0.5, 0.6) is 0 Å². The number of H-pyrrole nitrogens is 1. The number of carbonyl (C=O) groups excluding carboxylic acids is 1. The number of aromatic nitrogens is 2. The third-order valence-electron chi connectivity index (χ3n) is 2.24. The Balaban J connectivity index is 2.46. The second-order valence-corrected chi connectivity index (χ2v) is 3.39. The van der Waals surface area contributed by atoms with Crippen LogP contribution in [-0.2, 0) is 0 Å². The van der Waals surface area contributed by atoms with Gasteiger partial charge in [-0.1, -0.05) is 0 Å². The number of benzene rings is 1. The number of hydrazine groups is 1. The van der Waals surface area contributed by atoms with Gasteiger partial charge in [0.05, 0.1) is 5.69 Å². The number of halogens is 3. The first-order valence-electron chi connectivity index (χ1n) is 4.74. The van der Waals surface area contributed by atoms with Crippen molar-refractivity contribution >= 4 is 5.91 Å². The zero-order valence-corrected chi connectivity index (χ0v) is 8.80. The van der Waals surface area contributed by atoms with Gasteiger partial charge in [0, 0.05) is 11.6 Å². The van der Waals surface area contributed by atoms with Gasteiger partial charge in [-0.25, -0.2) is 19.0 Å². The van der Waals surface area contributed by atoms with E-state index in [-0.39, 0.29) is 17.0 Å². The largest absolute Gasteiger partial charge is 0.289 e. The van der Waals surface area contributed by atoms with Crippen molar-refractivity contribution in [3.8, 4) is 11.3 Å². The number of nitrogens with two attached hydrogens (primary N) is 1. The third kappa shape index (κ3) is 2.05. The van der Waals surface area contributed by atoms with Gasteiger partial charge < -0.3 is 0 Å². The summed E-state index contributed by atoms with van der Waals surface area (Å²) in [6.45, 7) is 0. The van der Waals surface area contributed by atoms with Crippen LogP contribution in [0.1, 0.15) is 10.5 Å². The van der Waals surface area contributed by atoms with Gasteiger partial charge in [-0.3, -0.25) is 15.3 Å². The van der Waals surface area contributed by atoms with Gasteiger partial charge >= 0.3 is 0 Å². The standard InChI is InChI=1S/C10H7F3N4O/c11-5-2-7(13)6(12)1-4(5)8-3-9(17-16-8)10(18)15-14/h1-3H,14H2,(H,15,18)(H,16,17). The highest BCUT2D eigenvalue weighted by Crippen LogP contribution is 2.24. The van der Waals surface area contributed by atoms with Crippen LogP contribution in [0, 0.1) is 17.5 Å². The van der Waals surface area contributed by atoms with E-state index in [9.17, 15) is 18.0 Å².